The number of piperazine rings is 1. The van der Waals surface area contributed by atoms with E-state index >= 15 is 0 Å². The van der Waals surface area contributed by atoms with E-state index in [2.05, 4.69) is 9.80 Å². The van der Waals surface area contributed by atoms with Crippen LogP contribution >= 0.6 is 24.0 Å². The molecule has 0 aliphatic carbocycles. The van der Waals surface area contributed by atoms with E-state index in [1.165, 1.54) is 14.1 Å². The maximum Gasteiger partial charge on any atom is 0.296 e. The predicted octanol–water partition coefficient (Wildman–Crippen LogP) is 2.52. The predicted molar refractivity (Wildman–Crippen MR) is 162 cm³/mol. The second kappa shape index (κ2) is 10.6. The standard InChI is InChI=1S/C28H29N7O3S2/c1-17-20(24(31(4)25(36)21(17)16-29)33-13-11-30(3)12-14-33)15-22-26(37)34(28(39)40-22)23-18(2)32(5)35(27(23)38)19-9-7-6-8-10-19/h6-10,15H,11-14H2,1-5H3/b22-15-. The molecule has 5 rings (SSSR count). The number of rotatable bonds is 4. The average Bonchev–Trinajstić information content (AvgIpc) is 3.33. The van der Waals surface area contributed by atoms with Gasteiger partial charge in [-0.05, 0) is 44.7 Å². The van der Waals surface area contributed by atoms with Crippen LogP contribution in [-0.2, 0) is 18.9 Å². The van der Waals surface area contributed by atoms with Gasteiger partial charge in [0.25, 0.3) is 17.0 Å². The van der Waals surface area contributed by atoms with Crippen LogP contribution < -0.4 is 20.9 Å². The summed E-state index contributed by atoms with van der Waals surface area (Å²) in [6.45, 7) is 6.52. The van der Waals surface area contributed by atoms with Gasteiger partial charge in [0.2, 0.25) is 0 Å². The highest BCUT2D eigenvalue weighted by atomic mass is 32.2. The number of anilines is 2. The molecule has 0 spiro atoms. The van der Waals surface area contributed by atoms with Crippen LogP contribution in [0, 0.1) is 25.2 Å². The van der Waals surface area contributed by atoms with Gasteiger partial charge < -0.3 is 9.80 Å². The lowest BCUT2D eigenvalue weighted by atomic mass is 10.0. The van der Waals surface area contributed by atoms with E-state index in [-0.39, 0.29) is 26.7 Å². The average molecular weight is 576 g/mol. The molecule has 2 aliphatic rings. The normalized spacial score (nSPS) is 17.2. The summed E-state index contributed by atoms with van der Waals surface area (Å²) < 4.78 is 4.95. The third-order valence-corrected chi connectivity index (χ3v) is 8.89. The maximum atomic E-state index is 13.9. The number of carbonyl (C=O) groups is 1. The summed E-state index contributed by atoms with van der Waals surface area (Å²) in [5, 5.41) is 9.77. The summed E-state index contributed by atoms with van der Waals surface area (Å²) >= 11 is 6.73. The van der Waals surface area contributed by atoms with Crippen molar-refractivity contribution in [3.8, 4) is 11.8 Å². The first-order chi connectivity index (χ1) is 19.1. The number of nitriles is 1. The number of benzene rings is 1. The van der Waals surface area contributed by atoms with Crippen molar-refractivity contribution in [2.24, 2.45) is 14.1 Å². The van der Waals surface area contributed by atoms with Gasteiger partial charge >= 0.3 is 0 Å². The Morgan fingerprint density at radius 3 is 2.25 bits per heavy atom. The van der Waals surface area contributed by atoms with E-state index in [1.807, 2.05) is 43.4 Å². The lowest BCUT2D eigenvalue weighted by molar-refractivity contribution is -0.113. The summed E-state index contributed by atoms with van der Waals surface area (Å²) in [5.41, 5.74) is 1.90. The summed E-state index contributed by atoms with van der Waals surface area (Å²) in [5.74, 6) is 0.235. The number of aromatic nitrogens is 3. The fourth-order valence-electron chi connectivity index (χ4n) is 5.22. The molecular formula is C28H29N7O3S2. The molecule has 40 heavy (non-hydrogen) atoms. The van der Waals surface area contributed by atoms with Crippen LogP contribution in [0.25, 0.3) is 11.8 Å². The van der Waals surface area contributed by atoms with E-state index in [1.54, 1.807) is 38.7 Å². The summed E-state index contributed by atoms with van der Waals surface area (Å²) in [6, 6.07) is 11.2. The van der Waals surface area contributed by atoms with Crippen LogP contribution in [0.5, 0.6) is 0 Å². The number of para-hydroxylation sites is 1. The van der Waals surface area contributed by atoms with Gasteiger partial charge in [0, 0.05) is 45.8 Å². The minimum atomic E-state index is -0.419. The quantitative estimate of drug-likeness (QED) is 0.346. The summed E-state index contributed by atoms with van der Waals surface area (Å²) in [7, 11) is 5.46. The fraction of sp³-hybridized carbons (Fsp3) is 0.321. The number of hydrogen-bond donors (Lipinski definition) is 0. The Kier molecular flexibility index (Phi) is 7.31. The van der Waals surface area contributed by atoms with Crippen molar-refractivity contribution in [1.82, 2.24) is 18.8 Å². The first-order valence-electron chi connectivity index (χ1n) is 12.8. The Hall–Kier alpha value is -3.92. The number of pyridine rings is 1. The number of hydrogen-bond acceptors (Lipinski definition) is 8. The molecule has 0 bridgehead atoms. The Labute approximate surface area is 241 Å². The highest BCUT2D eigenvalue weighted by molar-refractivity contribution is 8.27. The molecule has 0 radical (unpaired) electrons. The molecule has 1 amide bonds. The van der Waals surface area contributed by atoms with Crippen LogP contribution in [0.2, 0.25) is 0 Å². The Balaban J connectivity index is 1.63. The van der Waals surface area contributed by atoms with Crippen LogP contribution in [0.3, 0.4) is 0 Å². The van der Waals surface area contributed by atoms with Crippen molar-refractivity contribution in [3.63, 3.8) is 0 Å². The molecule has 4 heterocycles. The second-order valence-corrected chi connectivity index (χ2v) is 11.6. The van der Waals surface area contributed by atoms with Gasteiger partial charge in [-0.2, -0.15) is 5.26 Å². The zero-order valence-electron chi connectivity index (χ0n) is 23.0. The molecule has 3 aromatic rings. The third-order valence-electron chi connectivity index (χ3n) is 7.59. The van der Waals surface area contributed by atoms with Gasteiger partial charge in [-0.25, -0.2) is 4.68 Å². The number of likely N-dealkylation sites (N-methyl/N-ethyl adjacent to an activating group) is 1. The van der Waals surface area contributed by atoms with E-state index < -0.39 is 5.91 Å². The molecule has 0 saturated carbocycles. The van der Waals surface area contributed by atoms with E-state index in [4.69, 9.17) is 12.2 Å². The largest absolute Gasteiger partial charge is 0.355 e. The molecule has 0 atom stereocenters. The molecule has 0 unspecified atom stereocenters. The summed E-state index contributed by atoms with van der Waals surface area (Å²) in [6.07, 6.45) is 1.70. The van der Waals surface area contributed by atoms with E-state index in [9.17, 15) is 19.6 Å². The number of amides is 1. The van der Waals surface area contributed by atoms with Gasteiger partial charge in [0.05, 0.1) is 16.3 Å². The summed E-state index contributed by atoms with van der Waals surface area (Å²) in [4.78, 5) is 46.5. The Bertz CT molecular complexity index is 1740. The minimum absolute atomic E-state index is 0.0340. The smallest absolute Gasteiger partial charge is 0.296 e. The van der Waals surface area contributed by atoms with Crippen molar-refractivity contribution < 1.29 is 4.79 Å². The zero-order valence-corrected chi connectivity index (χ0v) is 24.6. The molecule has 2 aromatic heterocycles. The highest BCUT2D eigenvalue weighted by Crippen LogP contribution is 2.38. The Morgan fingerprint density at radius 1 is 0.975 bits per heavy atom. The molecular weight excluding hydrogens is 546 g/mol. The van der Waals surface area contributed by atoms with Crippen molar-refractivity contribution in [2.45, 2.75) is 13.8 Å². The zero-order chi connectivity index (χ0) is 28.9. The monoisotopic (exact) mass is 575 g/mol. The van der Waals surface area contributed by atoms with Gasteiger partial charge in [0.15, 0.2) is 4.32 Å². The SMILES string of the molecule is Cc1c(/C=C2\SC(=S)N(c3c(C)n(C)n(-c4ccccc4)c3=O)C2=O)c(N2CCN(C)CC2)n(C)c(=O)c1C#N. The lowest BCUT2D eigenvalue weighted by Crippen LogP contribution is -2.46. The topological polar surface area (TPSA) is 99.5 Å². The Morgan fingerprint density at radius 2 is 1.62 bits per heavy atom. The van der Waals surface area contributed by atoms with Gasteiger partial charge in [0.1, 0.15) is 23.1 Å². The third kappa shape index (κ3) is 4.40. The second-order valence-electron chi connectivity index (χ2n) is 9.93. The van der Waals surface area contributed by atoms with Crippen molar-refractivity contribution >= 4 is 51.8 Å². The first kappa shape index (κ1) is 27.6. The molecule has 206 valence electrons. The number of carbonyl (C=O) groups excluding carboxylic acids is 1. The maximum absolute atomic E-state index is 13.9. The van der Waals surface area contributed by atoms with E-state index in [0.717, 1.165) is 24.9 Å². The molecule has 2 fully saturated rings. The number of thioether (sulfide) groups is 1. The molecule has 12 heteroatoms. The minimum Gasteiger partial charge on any atom is -0.355 e. The van der Waals surface area contributed by atoms with E-state index in [0.29, 0.717) is 46.3 Å². The number of nitrogens with zero attached hydrogens (tertiary/aromatic N) is 7. The molecule has 2 aliphatic heterocycles. The van der Waals surface area contributed by atoms with Crippen molar-refractivity contribution in [1.29, 1.82) is 5.26 Å². The number of thiocarbonyl (C=S) groups is 1. The van der Waals surface area contributed by atoms with Gasteiger partial charge in [-0.15, -0.1) is 0 Å². The van der Waals surface area contributed by atoms with Crippen LogP contribution in [0.15, 0.2) is 44.8 Å². The fourth-order valence-corrected chi connectivity index (χ4v) is 6.47. The van der Waals surface area contributed by atoms with Crippen molar-refractivity contribution in [2.75, 3.05) is 43.0 Å². The molecule has 0 N–H and O–H groups in total. The lowest BCUT2D eigenvalue weighted by Gasteiger charge is -2.36. The molecule has 10 nitrogen and oxygen atoms in total. The van der Waals surface area contributed by atoms with Crippen LogP contribution in [0.1, 0.15) is 22.4 Å². The molecule has 2 saturated heterocycles. The first-order valence-corrected chi connectivity index (χ1v) is 14.0. The van der Waals surface area contributed by atoms with Gasteiger partial charge in [-0.3, -0.25) is 28.5 Å². The van der Waals surface area contributed by atoms with Gasteiger partial charge in [-0.1, -0.05) is 42.2 Å². The van der Waals surface area contributed by atoms with Crippen LogP contribution in [-0.4, -0.2) is 62.3 Å². The molecule has 1 aromatic carbocycles. The van der Waals surface area contributed by atoms with Crippen LogP contribution in [0.4, 0.5) is 11.5 Å². The highest BCUT2D eigenvalue weighted by Gasteiger charge is 2.38. The van der Waals surface area contributed by atoms with Crippen molar-refractivity contribution in [3.05, 3.63) is 78.3 Å².